The lowest BCUT2D eigenvalue weighted by atomic mass is 9.69. The van der Waals surface area contributed by atoms with Crippen LogP contribution in [0.2, 0.25) is 0 Å². The van der Waals surface area contributed by atoms with Crippen molar-refractivity contribution in [3.63, 3.8) is 0 Å². The van der Waals surface area contributed by atoms with Gasteiger partial charge in [-0.05, 0) is 43.4 Å². The molecule has 15 heteroatoms. The van der Waals surface area contributed by atoms with Gasteiger partial charge in [0.1, 0.15) is 29.7 Å². The van der Waals surface area contributed by atoms with Crippen molar-refractivity contribution in [2.75, 3.05) is 32.9 Å². The fraction of sp³-hybridized carbons (Fsp3) is 0.452. The Balaban J connectivity index is 1.25. The van der Waals surface area contributed by atoms with E-state index in [1.54, 1.807) is 0 Å². The van der Waals surface area contributed by atoms with Crippen LogP contribution in [0.3, 0.4) is 0 Å². The van der Waals surface area contributed by atoms with E-state index < -0.39 is 52.9 Å². The molecule has 1 spiro atoms. The van der Waals surface area contributed by atoms with Crippen LogP contribution in [-0.2, 0) is 26.3 Å². The molecule has 1 unspecified atom stereocenters. The van der Waals surface area contributed by atoms with E-state index >= 15 is 0 Å². The number of fused-ring (bicyclic) bond motifs is 11. The summed E-state index contributed by atoms with van der Waals surface area (Å²) in [7, 11) is 1.53. The van der Waals surface area contributed by atoms with Crippen LogP contribution in [0, 0.1) is 25.2 Å². The van der Waals surface area contributed by atoms with E-state index in [-0.39, 0.29) is 43.5 Å². The lowest BCUT2D eigenvalue weighted by Gasteiger charge is -2.60. The number of esters is 2. The normalized spacial score (nSPS) is 30.8. The number of rotatable bonds is 3. The summed E-state index contributed by atoms with van der Waals surface area (Å²) in [5.41, 5.74) is 4.09. The summed E-state index contributed by atoms with van der Waals surface area (Å²) in [6, 6.07) is 8.68. The first-order valence-electron chi connectivity index (χ1n) is 19.2. The zero-order valence-electron chi connectivity index (χ0n) is 32.0. The first-order chi connectivity index (χ1) is 27.5. The van der Waals surface area contributed by atoms with E-state index in [0.29, 0.717) is 63.0 Å². The van der Waals surface area contributed by atoms with Gasteiger partial charge in [-0.25, -0.2) is 4.79 Å². The van der Waals surface area contributed by atoms with E-state index in [1.165, 1.54) is 25.8 Å². The lowest BCUT2D eigenvalue weighted by molar-refractivity contribution is -0.157. The largest absolute Gasteiger partial charge is 0.504 e. The summed E-state index contributed by atoms with van der Waals surface area (Å²) in [5.74, 6) is 0.708. The van der Waals surface area contributed by atoms with Crippen molar-refractivity contribution in [3.8, 4) is 34.8 Å². The van der Waals surface area contributed by atoms with Crippen molar-refractivity contribution >= 4 is 34.7 Å². The molecular weight excluding hydrogens is 753 g/mol. The van der Waals surface area contributed by atoms with Gasteiger partial charge in [-0.2, -0.15) is 5.26 Å². The number of carbonyl (C=O) groups is 2. The van der Waals surface area contributed by atoms with Crippen molar-refractivity contribution in [1.82, 2.24) is 15.5 Å². The van der Waals surface area contributed by atoms with Crippen LogP contribution in [0.1, 0.15) is 81.8 Å². The number of piperazine rings is 1. The maximum atomic E-state index is 15.0. The third-order valence-electron chi connectivity index (χ3n) is 12.9. The fourth-order valence-electron chi connectivity index (χ4n) is 10.6. The van der Waals surface area contributed by atoms with Gasteiger partial charge in [0.15, 0.2) is 28.5 Å². The molecule has 3 aromatic carbocycles. The molecule has 57 heavy (non-hydrogen) atoms. The highest BCUT2D eigenvalue weighted by Gasteiger charge is 2.62. The number of methoxy groups -OCH3 is 1. The Labute approximate surface area is 332 Å². The number of aryl methyl sites for hydroxylation is 1. The Morgan fingerprint density at radius 2 is 1.93 bits per heavy atom. The highest BCUT2D eigenvalue weighted by atomic mass is 32.2. The third kappa shape index (κ3) is 4.91. The first-order valence-corrected chi connectivity index (χ1v) is 20.2. The maximum Gasteiger partial charge on any atom is 0.335 e. The highest BCUT2D eigenvalue weighted by molar-refractivity contribution is 7.99. The molecule has 2 fully saturated rings. The van der Waals surface area contributed by atoms with Gasteiger partial charge in [0.2, 0.25) is 6.79 Å². The molecule has 0 amide bonds. The Morgan fingerprint density at radius 1 is 1.14 bits per heavy atom. The number of ether oxygens (including phenoxy) is 5. The van der Waals surface area contributed by atoms with Gasteiger partial charge in [0.25, 0.3) is 0 Å². The van der Waals surface area contributed by atoms with Crippen LogP contribution in [0.5, 0.6) is 28.7 Å². The number of aliphatic hydroxyl groups is 1. The Hall–Kier alpha value is -4.98. The SMILES string of the molecule is COc1c(C)cc2c(c1O)[C@H]1N[C@@H](C2C)[C@H](C#N)N2[C@H]1[C@@H]1SC[C@]3(N[C@H](CO)Cc4c3oc3ccccc43)C(=O)OC[C@H]2c2c3c(c(C)c(OC(C)=O)c21)OCO3. The summed E-state index contributed by atoms with van der Waals surface area (Å²) in [5, 5.41) is 41.4. The fourth-order valence-corrected chi connectivity index (χ4v) is 12.3. The second kappa shape index (κ2) is 13.0. The number of thioether (sulfide) groups is 1. The van der Waals surface area contributed by atoms with Crippen molar-refractivity contribution in [2.24, 2.45) is 0 Å². The molecule has 0 aliphatic carbocycles. The summed E-state index contributed by atoms with van der Waals surface area (Å²) in [6.07, 6.45) is 0.430. The van der Waals surface area contributed by atoms with Gasteiger partial charge in [0.05, 0.1) is 37.1 Å². The summed E-state index contributed by atoms with van der Waals surface area (Å²) in [6.45, 7) is 6.57. The first kappa shape index (κ1) is 36.4. The zero-order valence-corrected chi connectivity index (χ0v) is 32.8. The molecule has 14 nitrogen and oxygen atoms in total. The van der Waals surface area contributed by atoms with Gasteiger partial charge in [-0.1, -0.05) is 31.2 Å². The van der Waals surface area contributed by atoms with E-state index in [9.17, 15) is 25.1 Å². The number of phenols is 1. The van der Waals surface area contributed by atoms with E-state index in [4.69, 9.17) is 28.1 Å². The van der Waals surface area contributed by atoms with Crippen molar-refractivity contribution in [2.45, 2.75) is 87.1 Å². The maximum absolute atomic E-state index is 15.0. The van der Waals surface area contributed by atoms with Crippen molar-refractivity contribution in [3.05, 3.63) is 75.0 Å². The molecule has 0 radical (unpaired) electrons. The van der Waals surface area contributed by atoms with Crippen LogP contribution in [0.4, 0.5) is 0 Å². The predicted molar refractivity (Wildman–Crippen MR) is 206 cm³/mol. The molecule has 11 rings (SSSR count). The number of nitriles is 1. The van der Waals surface area contributed by atoms with Gasteiger partial charge in [-0.15, -0.1) is 11.8 Å². The average Bonchev–Trinajstić information content (AvgIpc) is 3.85. The van der Waals surface area contributed by atoms with Crippen LogP contribution in [-0.4, -0.2) is 84.1 Å². The number of aromatic hydroxyl groups is 1. The standard InChI is InChI=1S/C42H42N4O10S/c1-17-10-23-18(2)31-25(12-43)46-26-14-52-41(50)42(40-24(11-21(13-47)45-42)22-8-6-7-9-27(22)56-40)15-57-39(33(46)32(44-31)28(23)34(49)35(17)51-5)30-29(26)38-37(53-16-54-38)19(3)36(30)55-20(4)48/h6-10,18,21,25-26,31-33,39,44-45,47,49H,11,13-16H2,1-5H3/t18?,21-,25-,26-,31-,32+,33+,39+,42+/m0/s1. The number of hydrogen-bond donors (Lipinski definition) is 4. The molecule has 2 saturated heterocycles. The molecule has 4 bridgehead atoms. The number of benzene rings is 3. The lowest BCUT2D eigenvalue weighted by Crippen LogP contribution is -2.70. The Morgan fingerprint density at radius 3 is 2.68 bits per heavy atom. The molecule has 9 atom stereocenters. The van der Waals surface area contributed by atoms with Gasteiger partial charge < -0.3 is 43.6 Å². The molecule has 1 aromatic heterocycles. The minimum atomic E-state index is -1.54. The summed E-state index contributed by atoms with van der Waals surface area (Å²) < 4.78 is 37.2. The smallest absolute Gasteiger partial charge is 0.335 e. The van der Waals surface area contributed by atoms with Crippen LogP contribution >= 0.6 is 11.8 Å². The molecule has 8 heterocycles. The molecule has 296 valence electrons. The van der Waals surface area contributed by atoms with Gasteiger partial charge in [-0.3, -0.25) is 15.0 Å². The number of nitrogens with one attached hydrogen (secondary N) is 2. The Kier molecular flexibility index (Phi) is 8.31. The van der Waals surface area contributed by atoms with Crippen molar-refractivity contribution < 1.29 is 47.9 Å². The second-order valence-corrected chi connectivity index (χ2v) is 17.0. The second-order valence-electron chi connectivity index (χ2n) is 15.9. The third-order valence-corrected chi connectivity index (χ3v) is 14.4. The Bertz CT molecular complexity index is 2450. The molecule has 0 saturated carbocycles. The van der Waals surface area contributed by atoms with Crippen LogP contribution < -0.4 is 29.6 Å². The molecular formula is C42H42N4O10S. The summed E-state index contributed by atoms with van der Waals surface area (Å²) >= 11 is 1.43. The number of hydrogen-bond acceptors (Lipinski definition) is 15. The zero-order chi connectivity index (χ0) is 39.7. The number of carbonyl (C=O) groups excluding carboxylic acids is 2. The number of para-hydroxylation sites is 1. The number of phenolic OH excluding ortho intramolecular Hbond substituents is 1. The van der Waals surface area contributed by atoms with Gasteiger partial charge >= 0.3 is 11.9 Å². The minimum absolute atomic E-state index is 0.0143. The monoisotopic (exact) mass is 794 g/mol. The van der Waals surface area contributed by atoms with E-state index in [2.05, 4.69) is 21.6 Å². The molecule has 4 N–H and O–H groups in total. The highest BCUT2D eigenvalue weighted by Crippen LogP contribution is 2.64. The summed E-state index contributed by atoms with van der Waals surface area (Å²) in [4.78, 5) is 30.1. The van der Waals surface area contributed by atoms with Gasteiger partial charge in [0, 0.05) is 64.0 Å². The van der Waals surface area contributed by atoms with E-state index in [0.717, 1.165) is 22.1 Å². The predicted octanol–water partition coefficient (Wildman–Crippen LogP) is 4.60. The quantitative estimate of drug-likeness (QED) is 0.167. The van der Waals surface area contributed by atoms with Crippen molar-refractivity contribution in [1.29, 1.82) is 5.26 Å². The average molecular weight is 795 g/mol. The van der Waals surface area contributed by atoms with Crippen LogP contribution in [0.15, 0.2) is 34.7 Å². The minimum Gasteiger partial charge on any atom is -0.504 e. The molecule has 7 aliphatic heterocycles. The molecule has 7 aliphatic rings. The molecule has 4 aromatic rings. The number of nitrogens with zero attached hydrogens (tertiary/aromatic N) is 2. The van der Waals surface area contributed by atoms with Crippen LogP contribution in [0.25, 0.3) is 11.0 Å². The number of furan rings is 1. The van der Waals surface area contributed by atoms with E-state index in [1.807, 2.05) is 51.1 Å². The topological polar surface area (TPSA) is 185 Å². The number of aliphatic hydroxyl groups excluding tert-OH is 1.